The Bertz CT molecular complexity index is 1350. The lowest BCUT2D eigenvalue weighted by Gasteiger charge is -2.20. The van der Waals surface area contributed by atoms with Gasteiger partial charge in [0.1, 0.15) is 5.75 Å². The molecule has 0 saturated heterocycles. The molecule has 2 aromatic heterocycles. The summed E-state index contributed by atoms with van der Waals surface area (Å²) in [6.45, 7) is 4.20. The molecule has 0 saturated carbocycles. The smallest absolute Gasteiger partial charge is 0.244 e. The number of hydrogen-bond donors (Lipinski definition) is 0. The minimum atomic E-state index is -3.65. The monoisotopic (exact) mass is 465 g/mol. The minimum Gasteiger partial charge on any atom is -0.283 e. The molecule has 0 aliphatic heterocycles. The van der Waals surface area contributed by atoms with Gasteiger partial charge in [0.05, 0.1) is 22.5 Å². The maximum atomic E-state index is 13.3. The summed E-state index contributed by atoms with van der Waals surface area (Å²) in [4.78, 5) is 23.5. The molecule has 8 heteroatoms. The molecule has 164 valence electrons. The maximum Gasteiger partial charge on any atom is 0.244 e. The van der Waals surface area contributed by atoms with Crippen LogP contribution in [0.25, 0.3) is 10.2 Å². The molecule has 0 spiro atoms. The zero-order valence-electron chi connectivity index (χ0n) is 17.9. The molecular weight excluding hydrogens is 442 g/mol. The SMILES string of the molecule is Cc1cc(C)c2nc(N(Cc3cccnc3)C(=O)CS(=O)(=O)Cc3ccccc3)sc2c1. The second-order valence-corrected chi connectivity index (χ2v) is 10.9. The van der Waals surface area contributed by atoms with Crippen molar-refractivity contribution < 1.29 is 13.2 Å². The van der Waals surface area contributed by atoms with Gasteiger partial charge in [-0.15, -0.1) is 0 Å². The van der Waals surface area contributed by atoms with Gasteiger partial charge < -0.3 is 0 Å². The first kappa shape index (κ1) is 22.1. The van der Waals surface area contributed by atoms with Gasteiger partial charge >= 0.3 is 0 Å². The number of pyridine rings is 1. The van der Waals surface area contributed by atoms with Gasteiger partial charge in [0, 0.05) is 12.4 Å². The lowest BCUT2D eigenvalue weighted by Crippen LogP contribution is -2.35. The Morgan fingerprint density at radius 3 is 2.50 bits per heavy atom. The second-order valence-electron chi connectivity index (χ2n) is 7.78. The molecule has 0 fully saturated rings. The highest BCUT2D eigenvalue weighted by atomic mass is 32.2. The molecule has 4 aromatic rings. The molecule has 0 aliphatic rings. The number of sulfone groups is 1. The van der Waals surface area contributed by atoms with E-state index < -0.39 is 21.5 Å². The van der Waals surface area contributed by atoms with E-state index in [1.54, 1.807) is 42.7 Å². The normalized spacial score (nSPS) is 11.6. The molecule has 0 atom stereocenters. The number of carbonyl (C=O) groups is 1. The zero-order valence-corrected chi connectivity index (χ0v) is 19.5. The first-order valence-corrected chi connectivity index (χ1v) is 12.8. The number of amides is 1. The van der Waals surface area contributed by atoms with Gasteiger partial charge in [-0.1, -0.05) is 53.8 Å². The van der Waals surface area contributed by atoms with Crippen LogP contribution in [0.5, 0.6) is 0 Å². The fraction of sp³-hybridized carbons (Fsp3) is 0.208. The van der Waals surface area contributed by atoms with Crippen molar-refractivity contribution >= 4 is 42.4 Å². The van der Waals surface area contributed by atoms with Gasteiger partial charge in [-0.2, -0.15) is 0 Å². The van der Waals surface area contributed by atoms with Crippen LogP contribution >= 0.6 is 11.3 Å². The molecule has 1 amide bonds. The summed E-state index contributed by atoms with van der Waals surface area (Å²) in [6.07, 6.45) is 3.32. The van der Waals surface area contributed by atoms with Crippen molar-refractivity contribution in [2.24, 2.45) is 0 Å². The third-order valence-corrected chi connectivity index (χ3v) is 7.47. The van der Waals surface area contributed by atoms with Crippen LogP contribution in [0.15, 0.2) is 67.0 Å². The summed E-state index contributed by atoms with van der Waals surface area (Å²) in [7, 11) is -3.65. The summed E-state index contributed by atoms with van der Waals surface area (Å²) in [6, 6.07) is 16.6. The molecule has 6 nitrogen and oxygen atoms in total. The standard InChI is InChI=1S/C24H23N3O3S2/c1-17-11-18(2)23-21(12-17)31-24(26-23)27(14-20-9-6-10-25-13-20)22(28)16-32(29,30)15-19-7-4-3-5-8-19/h3-13H,14-16H2,1-2H3. The van der Waals surface area contributed by atoms with Crippen LogP contribution < -0.4 is 4.90 Å². The highest BCUT2D eigenvalue weighted by molar-refractivity contribution is 7.91. The molecule has 32 heavy (non-hydrogen) atoms. The van der Waals surface area contributed by atoms with Crippen LogP contribution in [0.2, 0.25) is 0 Å². The van der Waals surface area contributed by atoms with Crippen LogP contribution in [0.1, 0.15) is 22.3 Å². The Morgan fingerprint density at radius 1 is 1.03 bits per heavy atom. The van der Waals surface area contributed by atoms with E-state index in [1.165, 1.54) is 16.2 Å². The quantitative estimate of drug-likeness (QED) is 0.403. The van der Waals surface area contributed by atoms with Crippen molar-refractivity contribution in [1.29, 1.82) is 0 Å². The highest BCUT2D eigenvalue weighted by Crippen LogP contribution is 2.32. The van der Waals surface area contributed by atoms with Crippen molar-refractivity contribution in [2.75, 3.05) is 10.7 Å². The second kappa shape index (κ2) is 9.18. The van der Waals surface area contributed by atoms with E-state index in [-0.39, 0.29) is 12.3 Å². The molecule has 0 radical (unpaired) electrons. The van der Waals surface area contributed by atoms with E-state index in [9.17, 15) is 13.2 Å². The Kier molecular flexibility index (Phi) is 6.34. The number of nitrogens with zero attached hydrogens (tertiary/aromatic N) is 3. The topological polar surface area (TPSA) is 80.2 Å². The number of hydrogen-bond acceptors (Lipinski definition) is 6. The van der Waals surface area contributed by atoms with E-state index >= 15 is 0 Å². The Labute approximate surface area is 191 Å². The van der Waals surface area contributed by atoms with Crippen LogP contribution in [0, 0.1) is 13.8 Å². The summed E-state index contributed by atoms with van der Waals surface area (Å²) in [5.41, 5.74) is 4.42. The number of fused-ring (bicyclic) bond motifs is 1. The molecule has 0 bridgehead atoms. The number of aromatic nitrogens is 2. The van der Waals surface area contributed by atoms with Crippen molar-refractivity contribution in [1.82, 2.24) is 9.97 Å². The third-order valence-electron chi connectivity index (χ3n) is 4.99. The summed E-state index contributed by atoms with van der Waals surface area (Å²) in [5, 5.41) is 0.484. The summed E-state index contributed by atoms with van der Waals surface area (Å²) >= 11 is 1.39. The van der Waals surface area contributed by atoms with Gasteiger partial charge in [0.2, 0.25) is 5.91 Å². The van der Waals surface area contributed by atoms with Crippen molar-refractivity contribution in [3.8, 4) is 0 Å². The minimum absolute atomic E-state index is 0.182. The molecule has 0 N–H and O–H groups in total. The largest absolute Gasteiger partial charge is 0.283 e. The van der Waals surface area contributed by atoms with Crippen LogP contribution in [0.4, 0.5) is 5.13 Å². The molecule has 0 aliphatic carbocycles. The van der Waals surface area contributed by atoms with Crippen LogP contribution in [-0.4, -0.2) is 30.0 Å². The molecular formula is C24H23N3O3S2. The fourth-order valence-corrected chi connectivity index (χ4v) is 6.05. The van der Waals surface area contributed by atoms with Crippen molar-refractivity contribution in [3.63, 3.8) is 0 Å². The Morgan fingerprint density at radius 2 is 1.78 bits per heavy atom. The predicted octanol–water partition coefficient (Wildman–Crippen LogP) is 4.46. The average molecular weight is 466 g/mol. The average Bonchev–Trinajstić information content (AvgIpc) is 3.16. The van der Waals surface area contributed by atoms with Crippen molar-refractivity contribution in [3.05, 3.63) is 89.2 Å². The van der Waals surface area contributed by atoms with Crippen LogP contribution in [-0.2, 0) is 26.9 Å². The van der Waals surface area contributed by atoms with Gasteiger partial charge in [0.15, 0.2) is 15.0 Å². The van der Waals surface area contributed by atoms with E-state index in [4.69, 9.17) is 4.98 Å². The number of thiazole rings is 1. The number of carbonyl (C=O) groups excluding carboxylic acids is 1. The van der Waals surface area contributed by atoms with Gasteiger partial charge in [0.25, 0.3) is 0 Å². The summed E-state index contributed by atoms with van der Waals surface area (Å²) < 4.78 is 26.6. The lowest BCUT2D eigenvalue weighted by molar-refractivity contribution is -0.116. The summed E-state index contributed by atoms with van der Waals surface area (Å²) in [5.74, 6) is -1.27. The molecule has 4 rings (SSSR count). The van der Waals surface area contributed by atoms with E-state index in [2.05, 4.69) is 4.98 Å². The van der Waals surface area contributed by atoms with Gasteiger partial charge in [-0.3, -0.25) is 14.7 Å². The zero-order chi connectivity index (χ0) is 22.7. The lowest BCUT2D eigenvalue weighted by atomic mass is 10.1. The molecule has 2 heterocycles. The van der Waals surface area contributed by atoms with Crippen LogP contribution in [0.3, 0.4) is 0 Å². The van der Waals surface area contributed by atoms with Gasteiger partial charge in [-0.05, 0) is 48.2 Å². The third kappa shape index (κ3) is 5.20. The molecule has 2 aromatic carbocycles. The fourth-order valence-electron chi connectivity index (χ4n) is 3.56. The predicted molar refractivity (Wildman–Crippen MR) is 128 cm³/mol. The Hall–Kier alpha value is -3.10. The van der Waals surface area contributed by atoms with Gasteiger partial charge in [-0.25, -0.2) is 13.4 Å². The number of aryl methyl sites for hydroxylation is 2. The first-order valence-electron chi connectivity index (χ1n) is 10.1. The van der Waals surface area contributed by atoms with Crippen molar-refractivity contribution in [2.45, 2.75) is 26.1 Å². The maximum absolute atomic E-state index is 13.3. The first-order chi connectivity index (χ1) is 15.3. The highest BCUT2D eigenvalue weighted by Gasteiger charge is 2.26. The Balaban J connectivity index is 1.66. The van der Waals surface area contributed by atoms with E-state index in [0.717, 1.165) is 26.9 Å². The van der Waals surface area contributed by atoms with E-state index in [1.807, 2.05) is 38.1 Å². The number of anilines is 1. The number of rotatable bonds is 7. The number of benzene rings is 2. The molecule has 0 unspecified atom stereocenters. The van der Waals surface area contributed by atoms with E-state index in [0.29, 0.717) is 10.7 Å².